The molecule has 3 N–H and O–H groups in total. The highest BCUT2D eigenvalue weighted by Crippen LogP contribution is 2.41. The molecule has 170 valence electrons. The number of imidazole rings is 1. The van der Waals surface area contributed by atoms with Gasteiger partial charge in [-0.25, -0.2) is 32.5 Å². The van der Waals surface area contributed by atoms with Gasteiger partial charge >= 0.3 is 0 Å². The highest BCUT2D eigenvalue weighted by atomic mass is 127. The van der Waals surface area contributed by atoms with Crippen molar-refractivity contribution >= 4 is 61.4 Å². The number of nitrogen functional groups attached to an aromatic ring is 1. The first-order valence-corrected chi connectivity index (χ1v) is 13.9. The maximum absolute atomic E-state index is 14.3. The number of benzene rings is 1. The van der Waals surface area contributed by atoms with Crippen molar-refractivity contribution in [2.24, 2.45) is 0 Å². The van der Waals surface area contributed by atoms with Gasteiger partial charge < -0.3 is 10.3 Å². The molecule has 1 aromatic carbocycles. The van der Waals surface area contributed by atoms with Crippen molar-refractivity contribution in [1.82, 2.24) is 24.2 Å². The molecular formula is C20H22FIN6O2S2. The van der Waals surface area contributed by atoms with Crippen LogP contribution < -0.4 is 10.5 Å². The van der Waals surface area contributed by atoms with Crippen LogP contribution in [0.15, 0.2) is 28.5 Å². The van der Waals surface area contributed by atoms with E-state index in [9.17, 15) is 12.8 Å². The Labute approximate surface area is 203 Å². The number of aromatic nitrogens is 4. The molecule has 2 aromatic heterocycles. The second kappa shape index (κ2) is 8.69. The van der Waals surface area contributed by atoms with Gasteiger partial charge in [0, 0.05) is 21.6 Å². The van der Waals surface area contributed by atoms with Crippen molar-refractivity contribution in [3.8, 4) is 0 Å². The van der Waals surface area contributed by atoms with Crippen LogP contribution in [-0.4, -0.2) is 39.7 Å². The first-order chi connectivity index (χ1) is 15.3. The lowest BCUT2D eigenvalue weighted by Gasteiger charge is -2.11. The van der Waals surface area contributed by atoms with E-state index in [4.69, 9.17) is 5.73 Å². The van der Waals surface area contributed by atoms with E-state index in [2.05, 4.69) is 42.3 Å². The van der Waals surface area contributed by atoms with E-state index in [1.165, 1.54) is 18.1 Å². The van der Waals surface area contributed by atoms with Crippen LogP contribution in [0.3, 0.4) is 0 Å². The van der Waals surface area contributed by atoms with Crippen molar-refractivity contribution in [2.45, 2.75) is 60.1 Å². The van der Waals surface area contributed by atoms with Gasteiger partial charge in [-0.2, -0.15) is 0 Å². The molecule has 2 heterocycles. The average molecular weight is 588 g/mol. The second-order valence-corrected chi connectivity index (χ2v) is 12.3. The summed E-state index contributed by atoms with van der Waals surface area (Å²) in [6, 6.07) is 3.97. The smallest absolute Gasteiger partial charge is 0.214 e. The fourth-order valence-electron chi connectivity index (χ4n) is 3.89. The average Bonchev–Trinajstić information content (AvgIpc) is 3.49. The summed E-state index contributed by atoms with van der Waals surface area (Å²) < 4.78 is 44.1. The summed E-state index contributed by atoms with van der Waals surface area (Å²) in [6.45, 7) is 0.846. The van der Waals surface area contributed by atoms with E-state index in [-0.39, 0.29) is 11.1 Å². The van der Waals surface area contributed by atoms with Crippen LogP contribution in [0.1, 0.15) is 43.0 Å². The zero-order valence-corrected chi connectivity index (χ0v) is 20.9. The van der Waals surface area contributed by atoms with Crippen molar-refractivity contribution in [2.75, 3.05) is 12.3 Å². The molecule has 1 atom stereocenters. The highest BCUT2D eigenvalue weighted by Gasteiger charge is 2.35. The number of alkyl halides is 1. The molecule has 2 aliphatic carbocycles. The van der Waals surface area contributed by atoms with Gasteiger partial charge in [-0.15, -0.1) is 0 Å². The van der Waals surface area contributed by atoms with E-state index in [1.54, 1.807) is 0 Å². The van der Waals surface area contributed by atoms with Gasteiger partial charge in [0.2, 0.25) is 10.0 Å². The molecule has 8 nitrogen and oxygen atoms in total. The van der Waals surface area contributed by atoms with Crippen LogP contribution in [0.2, 0.25) is 0 Å². The second-order valence-electron chi connectivity index (χ2n) is 8.06. The van der Waals surface area contributed by atoms with Crippen molar-refractivity contribution < 1.29 is 12.8 Å². The third-order valence-electron chi connectivity index (χ3n) is 5.75. The van der Waals surface area contributed by atoms with Gasteiger partial charge in [0.05, 0.1) is 5.25 Å². The van der Waals surface area contributed by atoms with E-state index in [0.717, 1.165) is 38.9 Å². The number of aryl methyl sites for hydroxylation is 2. The topological polar surface area (TPSA) is 116 Å². The third-order valence-corrected chi connectivity index (χ3v) is 10.0. The Bertz CT molecular complexity index is 1290. The molecule has 0 bridgehead atoms. The van der Waals surface area contributed by atoms with Gasteiger partial charge in [0.25, 0.3) is 0 Å². The van der Waals surface area contributed by atoms with Gasteiger partial charge in [-0.05, 0) is 78.0 Å². The molecular weight excluding hydrogens is 566 g/mol. The molecule has 0 aliphatic heterocycles. The summed E-state index contributed by atoms with van der Waals surface area (Å²) in [4.78, 5) is 14.0. The van der Waals surface area contributed by atoms with Crippen LogP contribution in [0.25, 0.3) is 11.2 Å². The van der Waals surface area contributed by atoms with Crippen LogP contribution >= 0.6 is 34.4 Å². The molecule has 1 fully saturated rings. The predicted molar refractivity (Wildman–Crippen MR) is 130 cm³/mol. The Morgan fingerprint density at radius 3 is 2.88 bits per heavy atom. The lowest BCUT2D eigenvalue weighted by atomic mass is 10.1. The van der Waals surface area contributed by atoms with Crippen molar-refractivity contribution in [3.63, 3.8) is 0 Å². The minimum Gasteiger partial charge on any atom is -0.382 e. The highest BCUT2D eigenvalue weighted by molar-refractivity contribution is 14.1. The summed E-state index contributed by atoms with van der Waals surface area (Å²) in [6.07, 6.45) is 3.80. The largest absolute Gasteiger partial charge is 0.382 e. The molecule has 32 heavy (non-hydrogen) atoms. The number of rotatable bonds is 8. The molecule has 3 aromatic rings. The Morgan fingerprint density at radius 2 is 2.09 bits per heavy atom. The molecule has 2 aliphatic rings. The van der Waals surface area contributed by atoms with Crippen molar-refractivity contribution in [1.29, 1.82) is 0 Å². The molecule has 0 spiro atoms. The Balaban J connectivity index is 1.41. The molecule has 0 radical (unpaired) electrons. The van der Waals surface area contributed by atoms with E-state index >= 15 is 0 Å². The summed E-state index contributed by atoms with van der Waals surface area (Å²) in [5.41, 5.74) is 8.96. The first-order valence-electron chi connectivity index (χ1n) is 10.4. The van der Waals surface area contributed by atoms with Gasteiger partial charge in [0.15, 0.2) is 22.1 Å². The quantitative estimate of drug-likeness (QED) is 0.305. The predicted octanol–water partition coefficient (Wildman–Crippen LogP) is 3.59. The summed E-state index contributed by atoms with van der Waals surface area (Å²) in [5.74, 6) is 0.289. The van der Waals surface area contributed by atoms with Crippen LogP contribution in [0.4, 0.5) is 10.2 Å². The lowest BCUT2D eigenvalue weighted by molar-refractivity contribution is 0.343. The summed E-state index contributed by atoms with van der Waals surface area (Å²) >= 11 is 3.71. The summed E-state index contributed by atoms with van der Waals surface area (Å²) in [5, 5.41) is 0.431. The molecule has 1 saturated carbocycles. The Morgan fingerprint density at radius 1 is 1.28 bits per heavy atom. The summed E-state index contributed by atoms with van der Waals surface area (Å²) in [7, 11) is -3.21. The molecule has 12 heteroatoms. The van der Waals surface area contributed by atoms with Crippen LogP contribution in [0, 0.1) is 3.57 Å². The number of anilines is 1. The van der Waals surface area contributed by atoms with Gasteiger partial charge in [-0.3, -0.25) is 0 Å². The van der Waals surface area contributed by atoms with Crippen LogP contribution in [0.5, 0.6) is 0 Å². The van der Waals surface area contributed by atoms with Crippen LogP contribution in [-0.2, 0) is 23.0 Å². The number of fused-ring (bicyclic) bond motifs is 2. The fourth-order valence-corrected chi connectivity index (χ4v) is 7.14. The minimum atomic E-state index is -3.21. The van der Waals surface area contributed by atoms with E-state index in [1.807, 2.05) is 16.7 Å². The zero-order valence-electron chi connectivity index (χ0n) is 17.1. The molecule has 0 saturated heterocycles. The number of nitrogens with one attached hydrogen (secondary N) is 1. The zero-order chi connectivity index (χ0) is 22.5. The lowest BCUT2D eigenvalue weighted by Crippen LogP contribution is -2.28. The Kier molecular flexibility index (Phi) is 6.05. The standard InChI is InChI=1S/C20H22FIN6O2S2/c21-14-5-2-11-8-15(22)16(9-13(11)14)31-20-27-17-18(23)24-10-25-19(17)28(20)7-1-6-26-32(29,30)12-3-4-12/h8-10,12,14,26H,1-7H2,(H2,23,24,25). The van der Waals surface area contributed by atoms with E-state index < -0.39 is 16.2 Å². The molecule has 5 rings (SSSR count). The minimum absolute atomic E-state index is 0.239. The van der Waals surface area contributed by atoms with E-state index in [0.29, 0.717) is 42.3 Å². The number of hydrogen-bond donors (Lipinski definition) is 2. The number of nitrogens with zero attached hydrogens (tertiary/aromatic N) is 4. The first kappa shape index (κ1) is 22.3. The molecule has 1 unspecified atom stereocenters. The normalized spacial score (nSPS) is 18.4. The third kappa shape index (κ3) is 4.33. The molecule has 0 amide bonds. The number of nitrogens with two attached hydrogens (primary N) is 1. The Hall–Kier alpha value is -1.51. The number of sulfonamides is 1. The maximum atomic E-state index is 14.3. The number of hydrogen-bond acceptors (Lipinski definition) is 7. The maximum Gasteiger partial charge on any atom is 0.214 e. The van der Waals surface area contributed by atoms with Crippen molar-refractivity contribution in [3.05, 3.63) is 33.2 Å². The monoisotopic (exact) mass is 588 g/mol. The number of halogens is 2. The van der Waals surface area contributed by atoms with Gasteiger partial charge in [0.1, 0.15) is 12.5 Å². The fraction of sp³-hybridized carbons (Fsp3) is 0.450. The SMILES string of the molecule is Nc1ncnc2c1nc(Sc1cc3c(cc1I)CCC3F)n2CCCNS(=O)(=O)C1CC1. The van der Waals surface area contributed by atoms with Gasteiger partial charge in [-0.1, -0.05) is 11.8 Å².